The van der Waals surface area contributed by atoms with Crippen LogP contribution in [0.3, 0.4) is 0 Å². The molecule has 0 bridgehead atoms. The fourth-order valence-corrected chi connectivity index (χ4v) is 0.983. The van der Waals surface area contributed by atoms with E-state index in [1.54, 1.807) is 0 Å². The molecule has 0 atom stereocenters. The number of rotatable bonds is 3. The molecule has 0 saturated carbocycles. The third kappa shape index (κ3) is 2.87. The molecule has 0 aliphatic rings. The van der Waals surface area contributed by atoms with Gasteiger partial charge in [-0.15, -0.1) is 0 Å². The molecule has 13 heavy (non-hydrogen) atoms. The van der Waals surface area contributed by atoms with Crippen molar-refractivity contribution < 1.29 is 14.6 Å². The maximum absolute atomic E-state index is 10.3. The quantitative estimate of drug-likeness (QED) is 0.733. The lowest BCUT2D eigenvalue weighted by Gasteiger charge is -2.01. The van der Waals surface area contributed by atoms with Gasteiger partial charge in [0.25, 0.3) is 0 Å². The molecular weight excluding hydrogens is 196 g/mol. The highest BCUT2D eigenvalue weighted by Crippen LogP contribution is 2.12. The normalized spacial score (nSPS) is 9.69. The largest absolute Gasteiger partial charge is 0.481 e. The van der Waals surface area contributed by atoms with Crippen molar-refractivity contribution in [1.82, 2.24) is 9.97 Å². The van der Waals surface area contributed by atoms with Crippen LogP contribution in [-0.4, -0.2) is 28.2 Å². The number of aliphatic carboxylic acids is 1. The predicted octanol–water partition coefficient (Wildman–Crippen LogP) is 0.766. The topological polar surface area (TPSA) is 72.3 Å². The lowest BCUT2D eigenvalue weighted by molar-refractivity contribution is -0.136. The van der Waals surface area contributed by atoms with Crippen molar-refractivity contribution >= 4 is 17.6 Å². The van der Waals surface area contributed by atoms with Gasteiger partial charge in [-0.05, 0) is 11.6 Å². The van der Waals surface area contributed by atoms with E-state index in [9.17, 15) is 4.79 Å². The monoisotopic (exact) mass is 202 g/mol. The molecule has 5 nitrogen and oxygen atoms in total. The van der Waals surface area contributed by atoms with Gasteiger partial charge in [0.05, 0.1) is 19.2 Å². The molecular formula is C7H7ClN2O3. The number of hydrogen-bond acceptors (Lipinski definition) is 4. The van der Waals surface area contributed by atoms with Gasteiger partial charge in [0.2, 0.25) is 11.2 Å². The van der Waals surface area contributed by atoms with E-state index in [0.717, 1.165) is 0 Å². The van der Waals surface area contributed by atoms with Crippen LogP contribution in [0, 0.1) is 0 Å². The SMILES string of the molecule is COc1cc(CC(=O)O)nc(Cl)n1. The number of aromatic nitrogens is 2. The summed E-state index contributed by atoms with van der Waals surface area (Å²) in [6, 6.07) is 1.43. The van der Waals surface area contributed by atoms with Crippen molar-refractivity contribution in [1.29, 1.82) is 0 Å². The number of carboxylic acids is 1. The second-order valence-corrected chi connectivity index (χ2v) is 2.58. The molecule has 0 radical (unpaired) electrons. The van der Waals surface area contributed by atoms with Crippen molar-refractivity contribution in [3.63, 3.8) is 0 Å². The zero-order valence-corrected chi connectivity index (χ0v) is 7.58. The molecule has 0 fully saturated rings. The fourth-order valence-electron chi connectivity index (χ4n) is 0.792. The number of methoxy groups -OCH3 is 1. The first-order valence-electron chi connectivity index (χ1n) is 3.41. The minimum absolute atomic E-state index is 0.0180. The highest BCUT2D eigenvalue weighted by molar-refractivity contribution is 6.28. The van der Waals surface area contributed by atoms with Crippen molar-refractivity contribution in [2.75, 3.05) is 7.11 Å². The minimum Gasteiger partial charge on any atom is -0.481 e. The zero-order valence-electron chi connectivity index (χ0n) is 6.82. The predicted molar refractivity (Wildman–Crippen MR) is 44.9 cm³/mol. The molecule has 0 unspecified atom stereocenters. The van der Waals surface area contributed by atoms with E-state index >= 15 is 0 Å². The summed E-state index contributed by atoms with van der Waals surface area (Å²) in [5, 5.41) is 8.46. The summed E-state index contributed by atoms with van der Waals surface area (Å²) in [5.41, 5.74) is 0.323. The van der Waals surface area contributed by atoms with Crippen LogP contribution in [0.2, 0.25) is 5.28 Å². The molecule has 1 aromatic rings. The van der Waals surface area contributed by atoms with Gasteiger partial charge in [-0.25, -0.2) is 4.98 Å². The van der Waals surface area contributed by atoms with Crippen molar-refractivity contribution in [3.05, 3.63) is 17.0 Å². The molecule has 1 aromatic heterocycles. The van der Waals surface area contributed by atoms with E-state index in [-0.39, 0.29) is 17.6 Å². The van der Waals surface area contributed by atoms with Crippen molar-refractivity contribution in [2.24, 2.45) is 0 Å². The summed E-state index contributed by atoms with van der Waals surface area (Å²) in [6.07, 6.45) is -0.196. The Kier molecular flexibility index (Phi) is 3.02. The van der Waals surface area contributed by atoms with E-state index in [1.165, 1.54) is 13.2 Å². The van der Waals surface area contributed by atoms with Crippen molar-refractivity contribution in [3.8, 4) is 5.88 Å². The summed E-state index contributed by atoms with van der Waals surface area (Å²) in [6.45, 7) is 0. The number of nitrogens with zero attached hydrogens (tertiary/aromatic N) is 2. The summed E-state index contributed by atoms with van der Waals surface area (Å²) < 4.78 is 4.79. The van der Waals surface area contributed by atoms with Crippen LogP contribution >= 0.6 is 11.6 Å². The zero-order chi connectivity index (χ0) is 9.84. The van der Waals surface area contributed by atoms with Crippen LogP contribution in [0.1, 0.15) is 5.69 Å². The van der Waals surface area contributed by atoms with E-state index < -0.39 is 5.97 Å². The number of ether oxygens (including phenoxy) is 1. The number of halogens is 1. The highest BCUT2D eigenvalue weighted by atomic mass is 35.5. The van der Waals surface area contributed by atoms with Crippen LogP contribution < -0.4 is 4.74 Å². The standard InChI is InChI=1S/C7H7ClN2O3/c1-13-5-2-4(3-6(11)12)9-7(8)10-5/h2H,3H2,1H3,(H,11,12). The Morgan fingerprint density at radius 1 is 1.69 bits per heavy atom. The van der Waals surface area contributed by atoms with Crippen LogP contribution in [0.15, 0.2) is 6.07 Å². The Balaban J connectivity index is 2.94. The summed E-state index contributed by atoms with van der Waals surface area (Å²) in [4.78, 5) is 17.7. The van der Waals surface area contributed by atoms with E-state index in [0.29, 0.717) is 5.69 Å². The van der Waals surface area contributed by atoms with Crippen LogP contribution in [-0.2, 0) is 11.2 Å². The summed E-state index contributed by atoms with van der Waals surface area (Å²) >= 11 is 5.52. The Morgan fingerprint density at radius 3 is 2.92 bits per heavy atom. The maximum Gasteiger partial charge on any atom is 0.309 e. The van der Waals surface area contributed by atoms with E-state index in [4.69, 9.17) is 21.4 Å². The average molecular weight is 203 g/mol. The van der Waals surface area contributed by atoms with Gasteiger partial charge in [-0.2, -0.15) is 4.98 Å². The van der Waals surface area contributed by atoms with Crippen LogP contribution in [0.25, 0.3) is 0 Å². The molecule has 0 spiro atoms. The molecule has 1 heterocycles. The first-order valence-corrected chi connectivity index (χ1v) is 3.79. The Bertz CT molecular complexity index is 330. The Labute approximate surface area is 79.3 Å². The smallest absolute Gasteiger partial charge is 0.309 e. The lowest BCUT2D eigenvalue weighted by atomic mass is 10.3. The van der Waals surface area contributed by atoms with Gasteiger partial charge in [0.15, 0.2) is 0 Å². The Hall–Kier alpha value is -1.36. The summed E-state index contributed by atoms with van der Waals surface area (Å²) in [5.74, 6) is -0.715. The molecule has 0 aliphatic carbocycles. The average Bonchev–Trinajstić information content (AvgIpc) is 2.01. The number of carboxylic acid groups (broad SMARTS) is 1. The number of hydrogen-bond donors (Lipinski definition) is 1. The first-order chi connectivity index (χ1) is 6.11. The van der Waals surface area contributed by atoms with Crippen molar-refractivity contribution in [2.45, 2.75) is 6.42 Å². The molecule has 0 aromatic carbocycles. The molecule has 0 amide bonds. The third-order valence-electron chi connectivity index (χ3n) is 1.27. The van der Waals surface area contributed by atoms with Gasteiger partial charge in [-0.1, -0.05) is 0 Å². The molecule has 1 rings (SSSR count). The second-order valence-electron chi connectivity index (χ2n) is 2.24. The van der Waals surface area contributed by atoms with Crippen LogP contribution in [0.5, 0.6) is 5.88 Å². The second kappa shape index (κ2) is 4.04. The molecule has 70 valence electrons. The molecule has 0 saturated heterocycles. The van der Waals surface area contributed by atoms with Gasteiger partial charge in [0.1, 0.15) is 0 Å². The molecule has 0 aliphatic heterocycles. The fraction of sp³-hybridized carbons (Fsp3) is 0.286. The van der Waals surface area contributed by atoms with Gasteiger partial charge < -0.3 is 9.84 Å². The highest BCUT2D eigenvalue weighted by Gasteiger charge is 2.06. The van der Waals surface area contributed by atoms with Gasteiger partial charge >= 0.3 is 5.97 Å². The minimum atomic E-state index is -0.975. The van der Waals surface area contributed by atoms with Gasteiger partial charge in [0, 0.05) is 6.07 Å². The molecule has 1 N–H and O–H groups in total. The Morgan fingerprint density at radius 2 is 2.38 bits per heavy atom. The first kappa shape index (κ1) is 9.73. The van der Waals surface area contributed by atoms with E-state index in [2.05, 4.69) is 9.97 Å². The molecule has 6 heteroatoms. The van der Waals surface area contributed by atoms with E-state index in [1.807, 2.05) is 0 Å². The van der Waals surface area contributed by atoms with Crippen LogP contribution in [0.4, 0.5) is 0 Å². The van der Waals surface area contributed by atoms with Gasteiger partial charge in [-0.3, -0.25) is 4.79 Å². The maximum atomic E-state index is 10.3. The lowest BCUT2D eigenvalue weighted by Crippen LogP contribution is -2.04. The third-order valence-corrected chi connectivity index (χ3v) is 1.44. The summed E-state index contributed by atoms with van der Waals surface area (Å²) in [7, 11) is 1.42. The number of carbonyl (C=O) groups is 1.